The van der Waals surface area contributed by atoms with E-state index in [9.17, 15) is 0 Å². The molecule has 0 bridgehead atoms. The molecule has 0 spiro atoms. The number of ether oxygens (including phenoxy) is 1. The fraction of sp³-hybridized carbons (Fsp3) is 0.400. The highest BCUT2D eigenvalue weighted by Crippen LogP contribution is 2.27. The minimum Gasteiger partial charge on any atom is -0.492 e. The van der Waals surface area contributed by atoms with Crippen molar-refractivity contribution < 1.29 is 4.74 Å². The molecule has 0 fully saturated rings. The normalized spacial score (nSPS) is 9.92. The molecule has 12 heavy (non-hydrogen) atoms. The van der Waals surface area contributed by atoms with Gasteiger partial charge in [-0.1, -0.05) is 19.1 Å². The van der Waals surface area contributed by atoms with Crippen LogP contribution in [-0.4, -0.2) is 6.61 Å². The number of aryl methyl sites for hydroxylation is 1. The lowest BCUT2D eigenvalue weighted by Gasteiger charge is -2.10. The van der Waals surface area contributed by atoms with Gasteiger partial charge < -0.3 is 4.74 Å². The van der Waals surface area contributed by atoms with Crippen molar-refractivity contribution >= 4 is 12.6 Å². The third-order valence-electron chi connectivity index (χ3n) is 1.75. The van der Waals surface area contributed by atoms with E-state index in [4.69, 9.17) is 4.74 Å². The Labute approximate surface area is 79.2 Å². The van der Waals surface area contributed by atoms with Gasteiger partial charge in [0.1, 0.15) is 5.75 Å². The third-order valence-corrected chi connectivity index (χ3v) is 2.10. The molecule has 0 aromatic heterocycles. The van der Waals surface area contributed by atoms with Crippen LogP contribution in [0.4, 0.5) is 0 Å². The van der Waals surface area contributed by atoms with Gasteiger partial charge in [0.05, 0.1) is 6.61 Å². The highest BCUT2D eigenvalue weighted by atomic mass is 32.1. The molecule has 1 aromatic rings. The number of thiol groups is 1. The summed E-state index contributed by atoms with van der Waals surface area (Å²) in [6, 6.07) is 6.03. The first-order chi connectivity index (χ1) is 5.79. The zero-order valence-corrected chi connectivity index (χ0v) is 8.40. The molecule has 0 saturated carbocycles. The fourth-order valence-corrected chi connectivity index (χ4v) is 1.45. The van der Waals surface area contributed by atoms with Gasteiger partial charge in [0, 0.05) is 4.90 Å². The Morgan fingerprint density at radius 1 is 1.33 bits per heavy atom. The maximum absolute atomic E-state index is 5.48. The van der Waals surface area contributed by atoms with Crippen LogP contribution in [0, 0.1) is 0 Å². The second-order valence-electron chi connectivity index (χ2n) is 2.55. The molecule has 0 amide bonds. The second kappa shape index (κ2) is 4.41. The van der Waals surface area contributed by atoms with E-state index < -0.39 is 0 Å². The first-order valence-electron chi connectivity index (χ1n) is 4.23. The summed E-state index contributed by atoms with van der Waals surface area (Å²) in [4.78, 5) is 0.927. The van der Waals surface area contributed by atoms with Crippen molar-refractivity contribution in [2.24, 2.45) is 0 Å². The summed E-state index contributed by atoms with van der Waals surface area (Å²) in [6.45, 7) is 4.80. The largest absolute Gasteiger partial charge is 0.492 e. The molecular formula is C10H14OS. The summed E-state index contributed by atoms with van der Waals surface area (Å²) < 4.78 is 5.48. The van der Waals surface area contributed by atoms with Crippen LogP contribution in [0.15, 0.2) is 23.1 Å². The maximum Gasteiger partial charge on any atom is 0.135 e. The maximum atomic E-state index is 5.48. The van der Waals surface area contributed by atoms with Crippen LogP contribution < -0.4 is 4.74 Å². The molecule has 0 unspecified atom stereocenters. The van der Waals surface area contributed by atoms with Crippen LogP contribution in [0.2, 0.25) is 0 Å². The van der Waals surface area contributed by atoms with Gasteiger partial charge in [-0.3, -0.25) is 0 Å². The monoisotopic (exact) mass is 182 g/mol. The molecule has 0 radical (unpaired) electrons. The summed E-state index contributed by atoms with van der Waals surface area (Å²) in [5.41, 5.74) is 1.23. The summed E-state index contributed by atoms with van der Waals surface area (Å²) in [7, 11) is 0. The standard InChI is InChI=1S/C10H14OS/c1-3-8-6-5-7-9(12)10(8)11-4-2/h5-7,12H,3-4H2,1-2H3. The molecule has 0 aliphatic heterocycles. The second-order valence-corrected chi connectivity index (χ2v) is 3.03. The predicted octanol–water partition coefficient (Wildman–Crippen LogP) is 2.94. The van der Waals surface area contributed by atoms with Crippen molar-refractivity contribution in [2.75, 3.05) is 6.61 Å². The SMILES string of the molecule is CCOc1c(S)cccc1CC. The van der Waals surface area contributed by atoms with Crippen LogP contribution in [-0.2, 0) is 6.42 Å². The lowest BCUT2D eigenvalue weighted by molar-refractivity contribution is 0.329. The minimum atomic E-state index is 0.699. The summed E-state index contributed by atoms with van der Waals surface area (Å²) in [5, 5.41) is 0. The Morgan fingerprint density at radius 3 is 2.67 bits per heavy atom. The van der Waals surface area contributed by atoms with Crippen molar-refractivity contribution in [2.45, 2.75) is 25.2 Å². The van der Waals surface area contributed by atoms with Crippen LogP contribution >= 0.6 is 12.6 Å². The van der Waals surface area contributed by atoms with Crippen molar-refractivity contribution in [3.05, 3.63) is 23.8 Å². The van der Waals surface area contributed by atoms with Gasteiger partial charge in [0.2, 0.25) is 0 Å². The molecule has 2 heteroatoms. The van der Waals surface area contributed by atoms with Gasteiger partial charge in [0.25, 0.3) is 0 Å². The van der Waals surface area contributed by atoms with Gasteiger partial charge in [-0.05, 0) is 25.0 Å². The summed E-state index contributed by atoms with van der Waals surface area (Å²) in [6.07, 6.45) is 0.990. The highest BCUT2D eigenvalue weighted by molar-refractivity contribution is 7.80. The van der Waals surface area contributed by atoms with Crippen molar-refractivity contribution in [3.8, 4) is 5.75 Å². The Balaban J connectivity index is 3.02. The quantitative estimate of drug-likeness (QED) is 0.707. The number of para-hydroxylation sites is 1. The molecule has 0 saturated heterocycles. The zero-order valence-electron chi connectivity index (χ0n) is 7.50. The molecule has 1 aromatic carbocycles. The molecule has 1 rings (SSSR count). The van der Waals surface area contributed by atoms with E-state index in [-0.39, 0.29) is 0 Å². The van der Waals surface area contributed by atoms with Crippen LogP contribution in [0.1, 0.15) is 19.4 Å². The van der Waals surface area contributed by atoms with E-state index >= 15 is 0 Å². The molecule has 66 valence electrons. The predicted molar refractivity (Wildman–Crippen MR) is 54.2 cm³/mol. The number of rotatable bonds is 3. The first kappa shape index (κ1) is 9.46. The van der Waals surface area contributed by atoms with Crippen LogP contribution in [0.3, 0.4) is 0 Å². The highest BCUT2D eigenvalue weighted by Gasteiger charge is 2.03. The molecule has 0 aliphatic carbocycles. The van der Waals surface area contributed by atoms with Crippen molar-refractivity contribution in [1.82, 2.24) is 0 Å². The molecule has 0 N–H and O–H groups in total. The van der Waals surface area contributed by atoms with Crippen LogP contribution in [0.25, 0.3) is 0 Å². The lowest BCUT2D eigenvalue weighted by atomic mass is 10.1. The first-order valence-corrected chi connectivity index (χ1v) is 4.68. The Morgan fingerprint density at radius 2 is 2.08 bits per heavy atom. The smallest absolute Gasteiger partial charge is 0.135 e. The summed E-state index contributed by atoms with van der Waals surface area (Å²) in [5.74, 6) is 0.936. The number of hydrogen-bond acceptors (Lipinski definition) is 2. The Kier molecular flexibility index (Phi) is 3.48. The zero-order chi connectivity index (χ0) is 8.97. The van der Waals surface area contributed by atoms with Crippen molar-refractivity contribution in [3.63, 3.8) is 0 Å². The minimum absolute atomic E-state index is 0.699. The van der Waals surface area contributed by atoms with E-state index in [1.807, 2.05) is 19.1 Å². The fourth-order valence-electron chi connectivity index (χ4n) is 1.16. The lowest BCUT2D eigenvalue weighted by Crippen LogP contribution is -1.96. The Bertz CT molecular complexity index is 258. The van der Waals surface area contributed by atoms with Gasteiger partial charge in [-0.2, -0.15) is 0 Å². The van der Waals surface area contributed by atoms with E-state index in [1.165, 1.54) is 5.56 Å². The van der Waals surface area contributed by atoms with E-state index in [0.717, 1.165) is 17.1 Å². The van der Waals surface area contributed by atoms with E-state index in [2.05, 4.69) is 25.6 Å². The van der Waals surface area contributed by atoms with Crippen LogP contribution in [0.5, 0.6) is 5.75 Å². The number of hydrogen-bond donors (Lipinski definition) is 1. The van der Waals surface area contributed by atoms with Gasteiger partial charge in [0.15, 0.2) is 0 Å². The van der Waals surface area contributed by atoms with Crippen molar-refractivity contribution in [1.29, 1.82) is 0 Å². The topological polar surface area (TPSA) is 9.23 Å². The molecule has 1 nitrogen and oxygen atoms in total. The molecular weight excluding hydrogens is 168 g/mol. The van der Waals surface area contributed by atoms with Gasteiger partial charge >= 0.3 is 0 Å². The molecule has 0 heterocycles. The summed E-state index contributed by atoms with van der Waals surface area (Å²) >= 11 is 4.33. The molecule has 0 atom stereocenters. The average Bonchev–Trinajstić information content (AvgIpc) is 2.09. The van der Waals surface area contributed by atoms with E-state index in [1.54, 1.807) is 0 Å². The number of benzene rings is 1. The van der Waals surface area contributed by atoms with Gasteiger partial charge in [-0.15, -0.1) is 12.6 Å². The third kappa shape index (κ3) is 1.95. The molecule has 0 aliphatic rings. The van der Waals surface area contributed by atoms with Gasteiger partial charge in [-0.25, -0.2) is 0 Å². The Hall–Kier alpha value is -0.630. The average molecular weight is 182 g/mol. The van der Waals surface area contributed by atoms with E-state index in [0.29, 0.717) is 6.61 Å².